The highest BCUT2D eigenvalue weighted by Crippen LogP contribution is 2.01. The SMILES string of the molecule is CN=C(NCCCOCc1ccco1)NCc1cccc(C)n1. The van der Waals surface area contributed by atoms with Crippen LogP contribution < -0.4 is 10.6 Å². The van der Waals surface area contributed by atoms with Crippen LogP contribution in [-0.2, 0) is 17.9 Å². The van der Waals surface area contributed by atoms with Gasteiger partial charge in [-0.3, -0.25) is 9.98 Å². The van der Waals surface area contributed by atoms with Crippen LogP contribution in [0.25, 0.3) is 0 Å². The van der Waals surface area contributed by atoms with Gasteiger partial charge in [-0.1, -0.05) is 6.07 Å². The molecule has 0 aliphatic carbocycles. The number of aromatic nitrogens is 1. The molecule has 0 fully saturated rings. The van der Waals surface area contributed by atoms with Gasteiger partial charge in [0.15, 0.2) is 5.96 Å². The van der Waals surface area contributed by atoms with Gasteiger partial charge in [-0.15, -0.1) is 0 Å². The molecule has 0 bridgehead atoms. The number of aryl methyl sites for hydroxylation is 1. The average Bonchev–Trinajstić information content (AvgIpc) is 3.07. The second-order valence-electron chi connectivity index (χ2n) is 5.11. The van der Waals surface area contributed by atoms with Gasteiger partial charge >= 0.3 is 0 Å². The normalized spacial score (nSPS) is 11.5. The maximum Gasteiger partial charge on any atom is 0.191 e. The number of pyridine rings is 1. The van der Waals surface area contributed by atoms with Crippen molar-refractivity contribution in [3.8, 4) is 0 Å². The Labute approximate surface area is 137 Å². The maximum atomic E-state index is 5.53. The van der Waals surface area contributed by atoms with Crippen molar-refractivity contribution >= 4 is 5.96 Å². The second-order valence-corrected chi connectivity index (χ2v) is 5.11. The summed E-state index contributed by atoms with van der Waals surface area (Å²) in [5, 5.41) is 6.50. The number of hydrogen-bond acceptors (Lipinski definition) is 4. The zero-order valence-corrected chi connectivity index (χ0v) is 13.7. The monoisotopic (exact) mass is 316 g/mol. The maximum absolute atomic E-state index is 5.53. The first-order chi connectivity index (χ1) is 11.3. The minimum Gasteiger partial charge on any atom is -0.467 e. The molecule has 0 saturated carbocycles. The van der Waals surface area contributed by atoms with Crippen LogP contribution in [0.1, 0.15) is 23.6 Å². The number of nitrogens with one attached hydrogen (secondary N) is 2. The van der Waals surface area contributed by atoms with E-state index in [0.29, 0.717) is 19.8 Å². The number of ether oxygens (including phenoxy) is 1. The molecule has 0 radical (unpaired) electrons. The molecule has 2 rings (SSSR count). The molecule has 2 aromatic rings. The van der Waals surface area contributed by atoms with Crippen LogP contribution in [-0.4, -0.2) is 31.1 Å². The summed E-state index contributed by atoms with van der Waals surface area (Å²) in [5.41, 5.74) is 2.01. The molecule has 6 nitrogen and oxygen atoms in total. The summed E-state index contributed by atoms with van der Waals surface area (Å²) in [4.78, 5) is 8.65. The van der Waals surface area contributed by atoms with E-state index in [2.05, 4.69) is 20.6 Å². The van der Waals surface area contributed by atoms with Gasteiger partial charge < -0.3 is 19.8 Å². The molecule has 0 atom stereocenters. The van der Waals surface area contributed by atoms with Gasteiger partial charge in [0.25, 0.3) is 0 Å². The van der Waals surface area contributed by atoms with E-state index in [-0.39, 0.29) is 0 Å². The lowest BCUT2D eigenvalue weighted by atomic mass is 10.3. The largest absolute Gasteiger partial charge is 0.467 e. The molecule has 2 heterocycles. The molecule has 0 unspecified atom stereocenters. The van der Waals surface area contributed by atoms with Crippen molar-refractivity contribution in [3.05, 3.63) is 53.7 Å². The van der Waals surface area contributed by atoms with E-state index < -0.39 is 0 Å². The fourth-order valence-corrected chi connectivity index (χ4v) is 2.04. The molecule has 23 heavy (non-hydrogen) atoms. The number of aliphatic imine (C=N–C) groups is 1. The molecule has 0 saturated heterocycles. The van der Waals surface area contributed by atoms with Gasteiger partial charge in [-0.2, -0.15) is 0 Å². The average molecular weight is 316 g/mol. The topological polar surface area (TPSA) is 71.7 Å². The van der Waals surface area contributed by atoms with Crippen molar-refractivity contribution in [2.24, 2.45) is 4.99 Å². The molecule has 124 valence electrons. The summed E-state index contributed by atoms with van der Waals surface area (Å²) >= 11 is 0. The number of furan rings is 1. The summed E-state index contributed by atoms with van der Waals surface area (Å²) in [5.74, 6) is 1.61. The van der Waals surface area contributed by atoms with E-state index in [1.54, 1.807) is 13.3 Å². The van der Waals surface area contributed by atoms with Crippen molar-refractivity contribution in [3.63, 3.8) is 0 Å². The van der Waals surface area contributed by atoms with Gasteiger partial charge in [0.1, 0.15) is 12.4 Å². The van der Waals surface area contributed by atoms with Crippen molar-refractivity contribution in [1.82, 2.24) is 15.6 Å². The lowest BCUT2D eigenvalue weighted by Crippen LogP contribution is -2.37. The van der Waals surface area contributed by atoms with Gasteiger partial charge in [0.05, 0.1) is 18.5 Å². The summed E-state index contributed by atoms with van der Waals surface area (Å²) in [7, 11) is 1.76. The Balaban J connectivity index is 1.58. The van der Waals surface area contributed by atoms with E-state index >= 15 is 0 Å². The fraction of sp³-hybridized carbons (Fsp3) is 0.412. The summed E-state index contributed by atoms with van der Waals surface area (Å²) in [6.45, 7) is 4.61. The Bertz CT molecular complexity index is 596. The van der Waals surface area contributed by atoms with Crippen LogP contribution >= 0.6 is 0 Å². The van der Waals surface area contributed by atoms with Gasteiger partial charge in [-0.05, 0) is 37.6 Å². The fourth-order valence-electron chi connectivity index (χ4n) is 2.04. The molecular weight excluding hydrogens is 292 g/mol. The Morgan fingerprint density at radius 3 is 2.91 bits per heavy atom. The molecule has 0 spiro atoms. The van der Waals surface area contributed by atoms with E-state index in [1.807, 2.05) is 37.3 Å². The van der Waals surface area contributed by atoms with E-state index in [4.69, 9.17) is 9.15 Å². The molecule has 0 aliphatic rings. The molecule has 2 aromatic heterocycles. The lowest BCUT2D eigenvalue weighted by molar-refractivity contribution is 0.105. The van der Waals surface area contributed by atoms with Crippen LogP contribution in [0, 0.1) is 6.92 Å². The zero-order valence-electron chi connectivity index (χ0n) is 13.7. The Morgan fingerprint density at radius 1 is 1.26 bits per heavy atom. The van der Waals surface area contributed by atoms with E-state index in [9.17, 15) is 0 Å². The third-order valence-corrected chi connectivity index (χ3v) is 3.19. The minimum atomic E-state index is 0.513. The predicted molar refractivity (Wildman–Crippen MR) is 90.2 cm³/mol. The van der Waals surface area contributed by atoms with E-state index in [0.717, 1.165) is 36.1 Å². The smallest absolute Gasteiger partial charge is 0.191 e. The minimum absolute atomic E-state index is 0.513. The van der Waals surface area contributed by atoms with Crippen molar-refractivity contribution < 1.29 is 9.15 Å². The third-order valence-electron chi connectivity index (χ3n) is 3.19. The van der Waals surface area contributed by atoms with Gasteiger partial charge in [0.2, 0.25) is 0 Å². The summed E-state index contributed by atoms with van der Waals surface area (Å²) < 4.78 is 10.7. The number of hydrogen-bond donors (Lipinski definition) is 2. The molecule has 0 aromatic carbocycles. The second kappa shape index (κ2) is 9.63. The summed E-state index contributed by atoms with van der Waals surface area (Å²) in [6, 6.07) is 9.75. The molecule has 0 aliphatic heterocycles. The molecular formula is C17H24N4O2. The standard InChI is InChI=1S/C17H24N4O2/c1-14-6-3-7-15(21-14)12-20-17(18-2)19-9-5-10-22-13-16-8-4-11-23-16/h3-4,6-8,11H,5,9-10,12-13H2,1-2H3,(H2,18,19,20). The molecule has 0 amide bonds. The van der Waals surface area contributed by atoms with Crippen LogP contribution in [0.5, 0.6) is 0 Å². The zero-order chi connectivity index (χ0) is 16.3. The van der Waals surface area contributed by atoms with Crippen LogP contribution in [0.4, 0.5) is 0 Å². The Morgan fingerprint density at radius 2 is 2.17 bits per heavy atom. The van der Waals surface area contributed by atoms with Crippen LogP contribution in [0.15, 0.2) is 46.0 Å². The number of guanidine groups is 1. The molecule has 6 heteroatoms. The van der Waals surface area contributed by atoms with Crippen molar-refractivity contribution in [2.75, 3.05) is 20.2 Å². The van der Waals surface area contributed by atoms with Crippen LogP contribution in [0.2, 0.25) is 0 Å². The van der Waals surface area contributed by atoms with Crippen molar-refractivity contribution in [2.45, 2.75) is 26.5 Å². The van der Waals surface area contributed by atoms with Gasteiger partial charge in [0, 0.05) is 25.9 Å². The first kappa shape index (κ1) is 17.0. The summed E-state index contributed by atoms with van der Waals surface area (Å²) in [6.07, 6.45) is 2.54. The quantitative estimate of drug-likeness (QED) is 0.444. The van der Waals surface area contributed by atoms with Crippen molar-refractivity contribution in [1.29, 1.82) is 0 Å². The first-order valence-corrected chi connectivity index (χ1v) is 7.75. The Hall–Kier alpha value is -2.34. The Kier molecular flexibility index (Phi) is 7.13. The number of rotatable bonds is 8. The van der Waals surface area contributed by atoms with Gasteiger partial charge in [-0.25, -0.2) is 0 Å². The van der Waals surface area contributed by atoms with Crippen LogP contribution in [0.3, 0.4) is 0 Å². The first-order valence-electron chi connectivity index (χ1n) is 7.75. The highest BCUT2D eigenvalue weighted by molar-refractivity contribution is 5.79. The third kappa shape index (κ3) is 6.52. The molecule has 2 N–H and O–H groups in total. The highest BCUT2D eigenvalue weighted by atomic mass is 16.5. The number of nitrogens with zero attached hydrogens (tertiary/aromatic N) is 2. The lowest BCUT2D eigenvalue weighted by Gasteiger charge is -2.11. The highest BCUT2D eigenvalue weighted by Gasteiger charge is 2.00. The van der Waals surface area contributed by atoms with E-state index in [1.165, 1.54) is 0 Å². The predicted octanol–water partition coefficient (Wildman–Crippen LogP) is 2.25.